The summed E-state index contributed by atoms with van der Waals surface area (Å²) in [5.74, 6) is 0.397. The lowest BCUT2D eigenvalue weighted by Gasteiger charge is -2.34. The minimum Gasteiger partial charge on any atom is -0.341 e. The van der Waals surface area contributed by atoms with Gasteiger partial charge in [0.2, 0.25) is 5.91 Å². The molecule has 98 valence electrons. The molecule has 1 aromatic carbocycles. The minimum atomic E-state index is 0. The van der Waals surface area contributed by atoms with Crippen LogP contribution in [0.3, 0.4) is 0 Å². The molecule has 2 unspecified atom stereocenters. The summed E-state index contributed by atoms with van der Waals surface area (Å²) >= 11 is 0. The summed E-state index contributed by atoms with van der Waals surface area (Å²) in [6, 6.07) is 8.66. The molecule has 1 aliphatic carbocycles. The molecule has 0 spiro atoms. The van der Waals surface area contributed by atoms with Gasteiger partial charge in [-0.25, -0.2) is 0 Å². The Kier molecular flexibility index (Phi) is 3.93. The van der Waals surface area contributed by atoms with E-state index in [0.29, 0.717) is 6.04 Å². The topological polar surface area (TPSA) is 32.3 Å². The summed E-state index contributed by atoms with van der Waals surface area (Å²) < 4.78 is 0. The van der Waals surface area contributed by atoms with Crippen molar-refractivity contribution in [1.82, 2.24) is 10.2 Å². The number of hydrogen-bond acceptors (Lipinski definition) is 2. The number of rotatable bonds is 2. The van der Waals surface area contributed by atoms with Gasteiger partial charge in [-0.05, 0) is 30.5 Å². The number of likely N-dealkylation sites (N-methyl/N-ethyl adjacent to an activating group) is 1. The molecule has 0 bridgehead atoms. The van der Waals surface area contributed by atoms with Crippen molar-refractivity contribution in [3.63, 3.8) is 0 Å². The number of hydrogen-bond donors (Lipinski definition) is 1. The smallest absolute Gasteiger partial charge is 0.230 e. The highest BCUT2D eigenvalue weighted by Crippen LogP contribution is 2.36. The summed E-state index contributed by atoms with van der Waals surface area (Å²) in [6.45, 7) is 1.97. The van der Waals surface area contributed by atoms with Crippen LogP contribution in [0.25, 0.3) is 0 Å². The SMILES string of the molecule is CN(C(=O)C1Cc2ccccc21)C1CCNC1.Cl. The lowest BCUT2D eigenvalue weighted by atomic mass is 9.76. The summed E-state index contributed by atoms with van der Waals surface area (Å²) in [5.41, 5.74) is 2.57. The number of fused-ring (bicyclic) bond motifs is 1. The van der Waals surface area contributed by atoms with Gasteiger partial charge in [-0.3, -0.25) is 4.79 Å². The van der Waals surface area contributed by atoms with Crippen molar-refractivity contribution in [2.24, 2.45) is 0 Å². The lowest BCUT2D eigenvalue weighted by Crippen LogP contribution is -2.43. The molecule has 1 fully saturated rings. The fraction of sp³-hybridized carbons (Fsp3) is 0.500. The summed E-state index contributed by atoms with van der Waals surface area (Å²) in [5, 5.41) is 3.31. The fourth-order valence-electron chi connectivity index (χ4n) is 2.87. The molecule has 0 radical (unpaired) electrons. The Labute approximate surface area is 114 Å². The van der Waals surface area contributed by atoms with Crippen LogP contribution >= 0.6 is 12.4 Å². The summed E-state index contributed by atoms with van der Waals surface area (Å²) in [6.07, 6.45) is 2.00. The van der Waals surface area contributed by atoms with Crippen molar-refractivity contribution in [3.8, 4) is 0 Å². The summed E-state index contributed by atoms with van der Waals surface area (Å²) in [7, 11) is 1.95. The number of halogens is 1. The van der Waals surface area contributed by atoms with Crippen LogP contribution < -0.4 is 5.32 Å². The Balaban J connectivity index is 0.00000120. The highest BCUT2D eigenvalue weighted by Gasteiger charge is 2.35. The van der Waals surface area contributed by atoms with Gasteiger partial charge in [-0.1, -0.05) is 24.3 Å². The molecule has 1 amide bonds. The first-order valence-corrected chi connectivity index (χ1v) is 6.32. The van der Waals surface area contributed by atoms with E-state index in [9.17, 15) is 4.79 Å². The van der Waals surface area contributed by atoms with Gasteiger partial charge in [0, 0.05) is 19.6 Å². The Hall–Kier alpha value is -1.06. The molecule has 18 heavy (non-hydrogen) atoms. The van der Waals surface area contributed by atoms with E-state index in [1.807, 2.05) is 24.1 Å². The van der Waals surface area contributed by atoms with Gasteiger partial charge in [0.1, 0.15) is 0 Å². The zero-order valence-corrected chi connectivity index (χ0v) is 11.4. The lowest BCUT2D eigenvalue weighted by molar-refractivity contribution is -0.133. The second-order valence-corrected chi connectivity index (χ2v) is 5.05. The van der Waals surface area contributed by atoms with Gasteiger partial charge in [-0.2, -0.15) is 0 Å². The fourth-order valence-corrected chi connectivity index (χ4v) is 2.87. The van der Waals surface area contributed by atoms with Crippen molar-refractivity contribution in [3.05, 3.63) is 35.4 Å². The first-order valence-electron chi connectivity index (χ1n) is 6.32. The quantitative estimate of drug-likeness (QED) is 0.881. The maximum Gasteiger partial charge on any atom is 0.230 e. The van der Waals surface area contributed by atoms with Crippen molar-refractivity contribution in [2.45, 2.75) is 24.8 Å². The van der Waals surface area contributed by atoms with E-state index in [0.717, 1.165) is 25.9 Å². The first kappa shape index (κ1) is 13.4. The molecule has 0 saturated carbocycles. The van der Waals surface area contributed by atoms with Crippen LogP contribution in [0.1, 0.15) is 23.5 Å². The third-order valence-corrected chi connectivity index (χ3v) is 4.08. The molecule has 0 aromatic heterocycles. The standard InChI is InChI=1S/C14H18N2O.ClH/c1-16(11-6-7-15-9-11)14(17)13-8-10-4-2-3-5-12(10)13;/h2-5,11,13,15H,6-9H2,1H3;1H. The van der Waals surface area contributed by atoms with Gasteiger partial charge in [0.05, 0.1) is 5.92 Å². The molecule has 1 saturated heterocycles. The number of benzene rings is 1. The van der Waals surface area contributed by atoms with E-state index < -0.39 is 0 Å². The van der Waals surface area contributed by atoms with Crippen LogP contribution in [0.5, 0.6) is 0 Å². The molecule has 3 rings (SSSR count). The largest absolute Gasteiger partial charge is 0.341 e. The highest BCUT2D eigenvalue weighted by atomic mass is 35.5. The normalized spacial score (nSPS) is 24.7. The van der Waals surface area contributed by atoms with Crippen LogP contribution in [0.2, 0.25) is 0 Å². The van der Waals surface area contributed by atoms with Gasteiger partial charge < -0.3 is 10.2 Å². The van der Waals surface area contributed by atoms with Gasteiger partial charge in [-0.15, -0.1) is 12.4 Å². The van der Waals surface area contributed by atoms with Crippen molar-refractivity contribution in [2.75, 3.05) is 20.1 Å². The number of nitrogens with zero attached hydrogens (tertiary/aromatic N) is 1. The average Bonchev–Trinajstić information content (AvgIpc) is 2.83. The third kappa shape index (κ3) is 2.13. The van der Waals surface area contributed by atoms with E-state index in [1.54, 1.807) is 0 Å². The first-order chi connectivity index (χ1) is 8.27. The Morgan fingerprint density at radius 1 is 1.39 bits per heavy atom. The zero-order chi connectivity index (χ0) is 11.8. The average molecular weight is 267 g/mol. The molecule has 4 heteroatoms. The van der Waals surface area contributed by atoms with E-state index in [1.165, 1.54) is 11.1 Å². The van der Waals surface area contributed by atoms with Crippen molar-refractivity contribution < 1.29 is 4.79 Å². The van der Waals surface area contributed by atoms with Gasteiger partial charge in [0.25, 0.3) is 0 Å². The Morgan fingerprint density at radius 2 is 2.17 bits per heavy atom. The number of carbonyl (C=O) groups excluding carboxylic acids is 1. The van der Waals surface area contributed by atoms with Crippen LogP contribution in [-0.4, -0.2) is 37.0 Å². The van der Waals surface area contributed by atoms with Crippen LogP contribution in [0.4, 0.5) is 0 Å². The molecule has 3 nitrogen and oxygen atoms in total. The molecule has 1 heterocycles. The van der Waals surface area contributed by atoms with E-state index in [-0.39, 0.29) is 24.2 Å². The number of carbonyl (C=O) groups is 1. The van der Waals surface area contributed by atoms with Crippen molar-refractivity contribution in [1.29, 1.82) is 0 Å². The van der Waals surface area contributed by atoms with E-state index >= 15 is 0 Å². The molecule has 1 aliphatic heterocycles. The third-order valence-electron chi connectivity index (χ3n) is 4.08. The second kappa shape index (κ2) is 5.29. The monoisotopic (exact) mass is 266 g/mol. The number of amides is 1. The molecular weight excluding hydrogens is 248 g/mol. The van der Waals surface area contributed by atoms with Crippen LogP contribution in [0.15, 0.2) is 24.3 Å². The zero-order valence-electron chi connectivity index (χ0n) is 10.6. The van der Waals surface area contributed by atoms with Gasteiger partial charge in [0.15, 0.2) is 0 Å². The molecule has 2 aliphatic rings. The summed E-state index contributed by atoms with van der Waals surface area (Å²) in [4.78, 5) is 14.3. The van der Waals surface area contributed by atoms with Crippen molar-refractivity contribution >= 4 is 18.3 Å². The Morgan fingerprint density at radius 3 is 2.83 bits per heavy atom. The predicted molar refractivity (Wildman–Crippen MR) is 74.2 cm³/mol. The van der Waals surface area contributed by atoms with E-state index in [4.69, 9.17) is 0 Å². The molecule has 2 atom stereocenters. The second-order valence-electron chi connectivity index (χ2n) is 5.05. The molecular formula is C14H19ClN2O. The van der Waals surface area contributed by atoms with E-state index in [2.05, 4.69) is 17.4 Å². The van der Waals surface area contributed by atoms with Crippen LogP contribution in [-0.2, 0) is 11.2 Å². The predicted octanol–water partition coefficient (Wildman–Crippen LogP) is 1.57. The maximum atomic E-state index is 12.4. The van der Waals surface area contributed by atoms with Gasteiger partial charge >= 0.3 is 0 Å². The molecule has 1 N–H and O–H groups in total. The minimum absolute atomic E-state index is 0. The molecule has 1 aromatic rings. The number of nitrogens with one attached hydrogen (secondary N) is 1. The Bertz CT molecular complexity index is 443. The van der Waals surface area contributed by atoms with Crippen LogP contribution in [0, 0.1) is 0 Å². The maximum absolute atomic E-state index is 12.4. The highest BCUT2D eigenvalue weighted by molar-refractivity contribution is 5.87.